The molecule has 1 aliphatic rings. The van der Waals surface area contributed by atoms with Crippen molar-refractivity contribution in [3.63, 3.8) is 0 Å². The normalized spacial score (nSPS) is 17.8. The predicted molar refractivity (Wildman–Crippen MR) is 83.7 cm³/mol. The third-order valence-electron chi connectivity index (χ3n) is 3.40. The van der Waals surface area contributed by atoms with Crippen LogP contribution in [0.4, 0.5) is 0 Å². The molecule has 7 heteroatoms. The standard InChI is InChI=1S/C15H16N4O2S/c20-13-7-6-11(18-19-13)15(21)16-8-14-17-12(9-22-14)10-4-2-1-3-5-10/h1-5,9,11,18H,6-8H2,(H,16,21)(H,19,20). The van der Waals surface area contributed by atoms with Gasteiger partial charge in [-0.15, -0.1) is 11.3 Å². The van der Waals surface area contributed by atoms with Crippen LogP contribution >= 0.6 is 11.3 Å². The zero-order valence-electron chi connectivity index (χ0n) is 11.8. The molecule has 3 rings (SSSR count). The Bertz CT molecular complexity index is 661. The predicted octanol–water partition coefficient (Wildman–Crippen LogP) is 1.21. The van der Waals surface area contributed by atoms with Crippen LogP contribution in [-0.2, 0) is 16.1 Å². The Morgan fingerprint density at radius 2 is 2.18 bits per heavy atom. The number of hydrogen-bond acceptors (Lipinski definition) is 5. The van der Waals surface area contributed by atoms with E-state index in [0.29, 0.717) is 19.4 Å². The molecule has 0 aliphatic carbocycles. The minimum Gasteiger partial charge on any atom is -0.348 e. The monoisotopic (exact) mass is 316 g/mol. The van der Waals surface area contributed by atoms with E-state index in [9.17, 15) is 9.59 Å². The Labute approximate surface area is 131 Å². The lowest BCUT2D eigenvalue weighted by molar-refractivity contribution is -0.129. The number of hydrogen-bond donors (Lipinski definition) is 3. The largest absolute Gasteiger partial charge is 0.348 e. The molecular weight excluding hydrogens is 300 g/mol. The van der Waals surface area contributed by atoms with Crippen LogP contribution in [0.1, 0.15) is 17.8 Å². The molecular formula is C15H16N4O2S. The van der Waals surface area contributed by atoms with Gasteiger partial charge in [0.15, 0.2) is 0 Å². The maximum absolute atomic E-state index is 12.0. The number of carbonyl (C=O) groups is 2. The molecule has 1 saturated heterocycles. The quantitative estimate of drug-likeness (QED) is 0.792. The molecule has 1 aromatic carbocycles. The van der Waals surface area contributed by atoms with Gasteiger partial charge in [-0.1, -0.05) is 30.3 Å². The number of nitrogens with one attached hydrogen (secondary N) is 3. The summed E-state index contributed by atoms with van der Waals surface area (Å²) < 4.78 is 0. The van der Waals surface area contributed by atoms with E-state index in [1.54, 1.807) is 0 Å². The molecule has 114 valence electrons. The Balaban J connectivity index is 1.55. The van der Waals surface area contributed by atoms with Gasteiger partial charge in [-0.05, 0) is 6.42 Å². The third-order valence-corrected chi connectivity index (χ3v) is 4.25. The molecule has 1 fully saturated rings. The fraction of sp³-hybridized carbons (Fsp3) is 0.267. The summed E-state index contributed by atoms with van der Waals surface area (Å²) in [4.78, 5) is 27.6. The molecule has 6 nitrogen and oxygen atoms in total. The van der Waals surface area contributed by atoms with Crippen molar-refractivity contribution in [3.05, 3.63) is 40.7 Å². The van der Waals surface area contributed by atoms with Gasteiger partial charge in [0.05, 0.1) is 12.2 Å². The van der Waals surface area contributed by atoms with Gasteiger partial charge in [0.25, 0.3) is 0 Å². The van der Waals surface area contributed by atoms with Crippen molar-refractivity contribution in [2.45, 2.75) is 25.4 Å². The maximum Gasteiger partial charge on any atom is 0.239 e. The Morgan fingerprint density at radius 1 is 1.36 bits per heavy atom. The Morgan fingerprint density at radius 3 is 2.91 bits per heavy atom. The lowest BCUT2D eigenvalue weighted by Crippen LogP contribution is -2.55. The molecule has 1 atom stereocenters. The summed E-state index contributed by atoms with van der Waals surface area (Å²) in [5, 5.41) is 5.68. The van der Waals surface area contributed by atoms with Crippen LogP contribution in [0.5, 0.6) is 0 Å². The Hall–Kier alpha value is -2.25. The fourth-order valence-corrected chi connectivity index (χ4v) is 2.94. The summed E-state index contributed by atoms with van der Waals surface area (Å²) in [6.07, 6.45) is 0.866. The van der Waals surface area contributed by atoms with E-state index in [2.05, 4.69) is 21.2 Å². The first-order valence-electron chi connectivity index (χ1n) is 7.04. The fourth-order valence-electron chi connectivity index (χ4n) is 2.19. The first-order valence-corrected chi connectivity index (χ1v) is 7.92. The van der Waals surface area contributed by atoms with Crippen LogP contribution in [0.2, 0.25) is 0 Å². The second kappa shape index (κ2) is 6.67. The molecule has 1 aromatic heterocycles. The van der Waals surface area contributed by atoms with Crippen molar-refractivity contribution in [3.8, 4) is 11.3 Å². The molecule has 3 N–H and O–H groups in total. The second-order valence-corrected chi connectivity index (χ2v) is 5.94. The number of amides is 2. The van der Waals surface area contributed by atoms with Crippen molar-refractivity contribution < 1.29 is 9.59 Å². The van der Waals surface area contributed by atoms with E-state index < -0.39 is 0 Å². The summed E-state index contributed by atoms with van der Waals surface area (Å²) in [5.41, 5.74) is 7.16. The van der Waals surface area contributed by atoms with Crippen molar-refractivity contribution >= 4 is 23.2 Å². The number of benzene rings is 1. The smallest absolute Gasteiger partial charge is 0.239 e. The first-order chi connectivity index (χ1) is 10.7. The Kier molecular flexibility index (Phi) is 4.45. The summed E-state index contributed by atoms with van der Waals surface area (Å²) in [7, 11) is 0. The van der Waals surface area contributed by atoms with Gasteiger partial charge in [0.1, 0.15) is 11.0 Å². The molecule has 2 heterocycles. The summed E-state index contributed by atoms with van der Waals surface area (Å²) in [5.74, 6) is -0.215. The van der Waals surface area contributed by atoms with Crippen LogP contribution in [0.25, 0.3) is 11.3 Å². The van der Waals surface area contributed by atoms with E-state index in [4.69, 9.17) is 0 Å². The van der Waals surface area contributed by atoms with Gasteiger partial charge in [-0.3, -0.25) is 15.0 Å². The molecule has 2 aromatic rings. The molecule has 0 radical (unpaired) electrons. The van der Waals surface area contributed by atoms with Gasteiger partial charge in [-0.25, -0.2) is 10.4 Å². The highest BCUT2D eigenvalue weighted by atomic mass is 32.1. The highest BCUT2D eigenvalue weighted by Crippen LogP contribution is 2.21. The molecule has 0 bridgehead atoms. The number of rotatable bonds is 4. The second-order valence-electron chi connectivity index (χ2n) is 4.99. The van der Waals surface area contributed by atoms with Crippen molar-refractivity contribution in [1.82, 2.24) is 21.2 Å². The molecule has 22 heavy (non-hydrogen) atoms. The van der Waals surface area contributed by atoms with Crippen LogP contribution in [0, 0.1) is 0 Å². The summed E-state index contributed by atoms with van der Waals surface area (Å²) in [6.45, 7) is 0.391. The van der Waals surface area contributed by atoms with Crippen LogP contribution < -0.4 is 16.2 Å². The first kappa shape index (κ1) is 14.7. The van der Waals surface area contributed by atoms with Crippen molar-refractivity contribution in [2.75, 3.05) is 0 Å². The van der Waals surface area contributed by atoms with E-state index in [-0.39, 0.29) is 17.9 Å². The topological polar surface area (TPSA) is 83.1 Å². The van der Waals surface area contributed by atoms with Gasteiger partial charge in [0.2, 0.25) is 11.8 Å². The highest BCUT2D eigenvalue weighted by molar-refractivity contribution is 7.09. The number of hydrazine groups is 1. The number of thiazole rings is 1. The van der Waals surface area contributed by atoms with Crippen molar-refractivity contribution in [2.24, 2.45) is 0 Å². The molecule has 0 saturated carbocycles. The zero-order valence-corrected chi connectivity index (χ0v) is 12.7. The van der Waals surface area contributed by atoms with Gasteiger partial charge < -0.3 is 5.32 Å². The van der Waals surface area contributed by atoms with Gasteiger partial charge in [0, 0.05) is 17.4 Å². The highest BCUT2D eigenvalue weighted by Gasteiger charge is 2.23. The molecule has 2 amide bonds. The van der Waals surface area contributed by atoms with Gasteiger partial charge >= 0.3 is 0 Å². The summed E-state index contributed by atoms with van der Waals surface area (Å²) in [6, 6.07) is 9.54. The van der Waals surface area contributed by atoms with Crippen LogP contribution in [0.3, 0.4) is 0 Å². The summed E-state index contributed by atoms with van der Waals surface area (Å²) >= 11 is 1.52. The SMILES string of the molecule is O=C1CCC(C(=O)NCc2nc(-c3ccccc3)cs2)NN1. The average Bonchev–Trinajstić information content (AvgIpc) is 3.03. The van der Waals surface area contributed by atoms with E-state index >= 15 is 0 Å². The average molecular weight is 316 g/mol. The van der Waals surface area contributed by atoms with Gasteiger partial charge in [-0.2, -0.15) is 0 Å². The third kappa shape index (κ3) is 3.49. The minimum atomic E-state index is -0.383. The number of nitrogens with zero attached hydrogens (tertiary/aromatic N) is 1. The van der Waals surface area contributed by atoms with E-state index in [1.165, 1.54) is 11.3 Å². The van der Waals surface area contributed by atoms with Crippen LogP contribution in [0.15, 0.2) is 35.7 Å². The van der Waals surface area contributed by atoms with E-state index in [1.807, 2.05) is 35.7 Å². The number of carbonyl (C=O) groups excluding carboxylic acids is 2. The molecule has 1 aliphatic heterocycles. The molecule has 1 unspecified atom stereocenters. The lowest BCUT2D eigenvalue weighted by atomic mass is 10.1. The van der Waals surface area contributed by atoms with E-state index in [0.717, 1.165) is 16.3 Å². The van der Waals surface area contributed by atoms with Crippen LogP contribution in [-0.4, -0.2) is 22.8 Å². The minimum absolute atomic E-state index is 0.0866. The maximum atomic E-state index is 12.0. The lowest BCUT2D eigenvalue weighted by Gasteiger charge is -2.22. The number of aromatic nitrogens is 1. The molecule has 0 spiro atoms. The van der Waals surface area contributed by atoms with Crippen molar-refractivity contribution in [1.29, 1.82) is 0 Å². The zero-order chi connectivity index (χ0) is 15.4.